The standard InChI is InChI=1S/C11H14O4S2/c1-17(13,14)15-7-8-2-3-9-5-10(6-12)16-11(9)4-8/h5-6,8H,2-4,7H2,1H3. The molecule has 1 aromatic heterocycles. The van der Waals surface area contributed by atoms with E-state index in [1.165, 1.54) is 21.8 Å². The molecule has 0 aromatic carbocycles. The summed E-state index contributed by atoms with van der Waals surface area (Å²) in [6.07, 6.45) is 4.56. The first-order valence-electron chi connectivity index (χ1n) is 5.39. The van der Waals surface area contributed by atoms with E-state index in [4.69, 9.17) is 4.18 Å². The molecule has 0 amide bonds. The molecule has 1 aliphatic carbocycles. The van der Waals surface area contributed by atoms with Gasteiger partial charge in [-0.25, -0.2) is 0 Å². The minimum Gasteiger partial charge on any atom is -0.297 e. The molecule has 17 heavy (non-hydrogen) atoms. The molecular weight excluding hydrogens is 260 g/mol. The van der Waals surface area contributed by atoms with Crippen LogP contribution in [0.15, 0.2) is 6.07 Å². The molecule has 2 rings (SSSR count). The van der Waals surface area contributed by atoms with E-state index in [9.17, 15) is 13.2 Å². The van der Waals surface area contributed by atoms with Crippen molar-refractivity contribution < 1.29 is 17.4 Å². The van der Waals surface area contributed by atoms with E-state index in [2.05, 4.69) is 0 Å². The molecule has 0 spiro atoms. The fourth-order valence-electron chi connectivity index (χ4n) is 2.02. The second kappa shape index (κ2) is 4.88. The normalized spacial score (nSPS) is 19.9. The lowest BCUT2D eigenvalue weighted by Gasteiger charge is -2.21. The first-order valence-corrected chi connectivity index (χ1v) is 8.02. The lowest BCUT2D eigenvalue weighted by molar-refractivity contribution is 0.112. The van der Waals surface area contributed by atoms with Crippen molar-refractivity contribution in [2.75, 3.05) is 12.9 Å². The molecule has 0 fully saturated rings. The van der Waals surface area contributed by atoms with Crippen molar-refractivity contribution in [2.45, 2.75) is 19.3 Å². The monoisotopic (exact) mass is 274 g/mol. The third kappa shape index (κ3) is 3.37. The molecule has 0 saturated carbocycles. The van der Waals surface area contributed by atoms with Crippen LogP contribution in [0, 0.1) is 5.92 Å². The molecule has 1 atom stereocenters. The van der Waals surface area contributed by atoms with Gasteiger partial charge in [-0.15, -0.1) is 11.3 Å². The molecule has 0 N–H and O–H groups in total. The highest BCUT2D eigenvalue weighted by Gasteiger charge is 2.22. The number of aryl methyl sites for hydroxylation is 1. The predicted molar refractivity (Wildman–Crippen MR) is 66.0 cm³/mol. The Hall–Kier alpha value is -0.720. The van der Waals surface area contributed by atoms with Crippen LogP contribution < -0.4 is 0 Å². The Balaban J connectivity index is 2.00. The van der Waals surface area contributed by atoms with Gasteiger partial charge in [0.15, 0.2) is 6.29 Å². The molecule has 4 nitrogen and oxygen atoms in total. The lowest BCUT2D eigenvalue weighted by atomic mass is 9.90. The topological polar surface area (TPSA) is 60.4 Å². The Morgan fingerprint density at radius 3 is 3.00 bits per heavy atom. The lowest BCUT2D eigenvalue weighted by Crippen LogP contribution is -2.19. The van der Waals surface area contributed by atoms with Crippen molar-refractivity contribution in [3.63, 3.8) is 0 Å². The third-order valence-electron chi connectivity index (χ3n) is 2.85. The first-order chi connectivity index (χ1) is 7.98. The Morgan fingerprint density at radius 2 is 2.35 bits per heavy atom. The highest BCUT2D eigenvalue weighted by Crippen LogP contribution is 2.32. The number of aldehydes is 1. The summed E-state index contributed by atoms with van der Waals surface area (Å²) in [4.78, 5) is 12.6. The van der Waals surface area contributed by atoms with E-state index in [0.29, 0.717) is 0 Å². The van der Waals surface area contributed by atoms with E-state index in [1.54, 1.807) is 0 Å². The van der Waals surface area contributed by atoms with Gasteiger partial charge in [-0.2, -0.15) is 8.42 Å². The van der Waals surface area contributed by atoms with Gasteiger partial charge in [0.2, 0.25) is 0 Å². The Kier molecular flexibility index (Phi) is 3.65. The Morgan fingerprint density at radius 1 is 1.59 bits per heavy atom. The molecule has 0 aliphatic heterocycles. The minimum atomic E-state index is -3.35. The Bertz CT molecular complexity index is 516. The van der Waals surface area contributed by atoms with Crippen LogP contribution in [0.25, 0.3) is 0 Å². The molecule has 1 heterocycles. The summed E-state index contributed by atoms with van der Waals surface area (Å²) in [6.45, 7) is 0.243. The summed E-state index contributed by atoms with van der Waals surface area (Å²) in [5.41, 5.74) is 1.23. The number of thiophene rings is 1. The van der Waals surface area contributed by atoms with E-state index in [1.807, 2.05) is 6.07 Å². The van der Waals surface area contributed by atoms with Crippen LogP contribution in [0.1, 0.15) is 26.5 Å². The van der Waals surface area contributed by atoms with Crippen molar-refractivity contribution in [3.05, 3.63) is 21.4 Å². The molecule has 94 valence electrons. The first kappa shape index (κ1) is 12.7. The van der Waals surface area contributed by atoms with Gasteiger partial charge >= 0.3 is 0 Å². The highest BCUT2D eigenvalue weighted by molar-refractivity contribution is 7.85. The fourth-order valence-corrected chi connectivity index (χ4v) is 3.60. The van der Waals surface area contributed by atoms with E-state index >= 15 is 0 Å². The molecule has 1 aromatic rings. The number of rotatable bonds is 4. The van der Waals surface area contributed by atoms with Gasteiger partial charge in [0, 0.05) is 4.88 Å². The molecule has 0 radical (unpaired) electrons. The molecule has 6 heteroatoms. The van der Waals surface area contributed by atoms with E-state index in [-0.39, 0.29) is 12.5 Å². The van der Waals surface area contributed by atoms with Gasteiger partial charge in [0.05, 0.1) is 17.7 Å². The van der Waals surface area contributed by atoms with Gasteiger partial charge < -0.3 is 0 Å². The Labute approximate surface area is 105 Å². The second-order valence-corrected chi connectivity index (χ2v) is 7.12. The number of carbonyl (C=O) groups excluding carboxylic acids is 1. The molecule has 0 saturated heterocycles. The maximum atomic E-state index is 10.9. The van der Waals surface area contributed by atoms with Gasteiger partial charge in [0.1, 0.15) is 0 Å². The van der Waals surface area contributed by atoms with Gasteiger partial charge in [-0.05, 0) is 36.8 Å². The summed E-state index contributed by atoms with van der Waals surface area (Å²) < 4.78 is 26.6. The summed E-state index contributed by atoms with van der Waals surface area (Å²) in [6, 6.07) is 1.93. The van der Waals surface area contributed by atoms with Crippen LogP contribution in [-0.2, 0) is 27.1 Å². The highest BCUT2D eigenvalue weighted by atomic mass is 32.2. The average molecular weight is 274 g/mol. The molecule has 1 aliphatic rings. The van der Waals surface area contributed by atoms with Crippen LogP contribution >= 0.6 is 11.3 Å². The van der Waals surface area contributed by atoms with Crippen molar-refractivity contribution >= 4 is 27.7 Å². The summed E-state index contributed by atoms with van der Waals surface area (Å²) in [5.74, 6) is 0.232. The fraction of sp³-hybridized carbons (Fsp3) is 0.545. The smallest absolute Gasteiger partial charge is 0.264 e. The molecule has 0 bridgehead atoms. The quantitative estimate of drug-likeness (QED) is 0.618. The predicted octanol–water partition coefficient (Wildman–Crippen LogP) is 1.64. The average Bonchev–Trinajstić information content (AvgIpc) is 2.67. The van der Waals surface area contributed by atoms with E-state index < -0.39 is 10.1 Å². The zero-order valence-corrected chi connectivity index (χ0v) is 11.1. The SMILES string of the molecule is CS(=O)(=O)OCC1CCc2cc(C=O)sc2C1. The second-order valence-electron chi connectivity index (χ2n) is 4.31. The maximum Gasteiger partial charge on any atom is 0.264 e. The number of hydrogen-bond donors (Lipinski definition) is 0. The van der Waals surface area contributed by atoms with Crippen LogP contribution in [0.3, 0.4) is 0 Å². The molecule has 1 unspecified atom stereocenters. The summed E-state index contributed by atoms with van der Waals surface area (Å²) in [7, 11) is -3.35. The van der Waals surface area contributed by atoms with E-state index in [0.717, 1.165) is 36.7 Å². The number of carbonyl (C=O) groups is 1. The number of fused-ring (bicyclic) bond motifs is 1. The van der Waals surface area contributed by atoms with Crippen molar-refractivity contribution in [2.24, 2.45) is 5.92 Å². The zero-order valence-electron chi connectivity index (χ0n) is 9.51. The van der Waals surface area contributed by atoms with Crippen LogP contribution in [-0.4, -0.2) is 27.6 Å². The summed E-state index contributed by atoms with van der Waals surface area (Å²) in [5, 5.41) is 0. The minimum absolute atomic E-state index is 0.232. The van der Waals surface area contributed by atoms with Gasteiger partial charge in [-0.3, -0.25) is 8.98 Å². The third-order valence-corrected chi connectivity index (χ3v) is 4.53. The summed E-state index contributed by atoms with van der Waals surface area (Å²) >= 11 is 1.50. The van der Waals surface area contributed by atoms with Crippen molar-refractivity contribution in [1.29, 1.82) is 0 Å². The largest absolute Gasteiger partial charge is 0.297 e. The zero-order chi connectivity index (χ0) is 12.5. The number of hydrogen-bond acceptors (Lipinski definition) is 5. The van der Waals surface area contributed by atoms with Crippen molar-refractivity contribution in [3.8, 4) is 0 Å². The van der Waals surface area contributed by atoms with Gasteiger partial charge in [0.25, 0.3) is 10.1 Å². The van der Waals surface area contributed by atoms with Crippen LogP contribution in [0.5, 0.6) is 0 Å². The van der Waals surface area contributed by atoms with Crippen molar-refractivity contribution in [1.82, 2.24) is 0 Å². The van der Waals surface area contributed by atoms with Gasteiger partial charge in [-0.1, -0.05) is 0 Å². The van der Waals surface area contributed by atoms with Crippen LogP contribution in [0.2, 0.25) is 0 Å². The van der Waals surface area contributed by atoms with Crippen LogP contribution in [0.4, 0.5) is 0 Å². The molecular formula is C11H14O4S2. The maximum absolute atomic E-state index is 10.9.